The second kappa shape index (κ2) is 7.12. The zero-order valence-corrected chi connectivity index (χ0v) is 19.4. The zero-order valence-electron chi connectivity index (χ0n) is 17.4. The Labute approximate surface area is 151 Å². The fraction of sp³-hybridized carbons (Fsp3) is 1.00. The molecule has 0 aromatic heterocycles. The van der Waals surface area contributed by atoms with Crippen molar-refractivity contribution < 1.29 is 19.1 Å². The van der Waals surface area contributed by atoms with Crippen LogP contribution in [0.25, 0.3) is 0 Å². The Kier molecular flexibility index (Phi) is 6.62. The summed E-state index contributed by atoms with van der Waals surface area (Å²) in [6, 6.07) is 0. The first-order valence-corrected chi connectivity index (χ1v) is 15.0. The Morgan fingerprint density at radius 3 is 1.21 bits per heavy atom. The van der Waals surface area contributed by atoms with Crippen LogP contribution in [-0.2, 0) is 8.85 Å². The van der Waals surface area contributed by atoms with Crippen molar-refractivity contribution in [1.82, 2.24) is 0 Å². The Balaban J connectivity index is 2.88. The first-order valence-electron chi connectivity index (χ1n) is 9.20. The molecule has 0 aromatic rings. The lowest BCUT2D eigenvalue weighted by molar-refractivity contribution is -0.0979. The van der Waals surface area contributed by atoms with Gasteiger partial charge >= 0.3 is 0 Å². The molecule has 4 atom stereocenters. The van der Waals surface area contributed by atoms with E-state index in [1.165, 1.54) is 0 Å². The highest BCUT2D eigenvalue weighted by Crippen LogP contribution is 2.42. The van der Waals surface area contributed by atoms with Crippen LogP contribution in [0.5, 0.6) is 0 Å². The SMILES string of the molecule is CC(C)(C)[Si](C)(C)O[C@H]1C[C@H](O[Si](C)(C)C(C)(C)C)[C@@H](O)C[C@@H]1O. The molecule has 0 unspecified atom stereocenters. The van der Waals surface area contributed by atoms with Crippen LogP contribution in [0.1, 0.15) is 54.4 Å². The van der Waals surface area contributed by atoms with Gasteiger partial charge < -0.3 is 19.1 Å². The Hall–Kier alpha value is 0.274. The number of aliphatic hydroxyl groups is 2. The van der Waals surface area contributed by atoms with E-state index in [1.54, 1.807) is 0 Å². The van der Waals surface area contributed by atoms with Crippen LogP contribution in [0.15, 0.2) is 0 Å². The van der Waals surface area contributed by atoms with Crippen LogP contribution < -0.4 is 0 Å². The molecule has 0 heterocycles. The summed E-state index contributed by atoms with van der Waals surface area (Å²) < 4.78 is 12.9. The number of rotatable bonds is 4. The maximum Gasteiger partial charge on any atom is 0.192 e. The minimum absolute atomic E-state index is 0.0958. The zero-order chi connectivity index (χ0) is 19.1. The molecule has 0 bridgehead atoms. The average Bonchev–Trinajstić information content (AvgIpc) is 2.31. The van der Waals surface area contributed by atoms with E-state index in [1.807, 2.05) is 0 Å². The molecule has 4 nitrogen and oxygen atoms in total. The third-order valence-electron chi connectivity index (χ3n) is 6.31. The van der Waals surface area contributed by atoms with E-state index >= 15 is 0 Å². The molecule has 1 aliphatic rings. The quantitative estimate of drug-likeness (QED) is 0.719. The van der Waals surface area contributed by atoms with Gasteiger partial charge in [0.25, 0.3) is 0 Å². The molecule has 1 saturated carbocycles. The van der Waals surface area contributed by atoms with Crippen molar-refractivity contribution in [2.24, 2.45) is 0 Å². The Morgan fingerprint density at radius 1 is 0.667 bits per heavy atom. The van der Waals surface area contributed by atoms with Gasteiger partial charge in [-0.1, -0.05) is 41.5 Å². The molecule has 1 fully saturated rings. The van der Waals surface area contributed by atoms with E-state index in [4.69, 9.17) is 8.85 Å². The van der Waals surface area contributed by atoms with Crippen LogP contribution in [0.3, 0.4) is 0 Å². The molecule has 0 aromatic carbocycles. The minimum atomic E-state index is -1.97. The number of hydrogen-bond donors (Lipinski definition) is 2. The molecule has 144 valence electrons. The summed E-state index contributed by atoms with van der Waals surface area (Å²) >= 11 is 0. The van der Waals surface area contributed by atoms with Gasteiger partial charge in [0, 0.05) is 12.8 Å². The van der Waals surface area contributed by atoms with E-state index in [0.717, 1.165) is 0 Å². The second-order valence-corrected chi connectivity index (χ2v) is 20.0. The number of aliphatic hydroxyl groups excluding tert-OH is 2. The fourth-order valence-electron chi connectivity index (χ4n) is 2.46. The van der Waals surface area contributed by atoms with Crippen molar-refractivity contribution in [3.63, 3.8) is 0 Å². The molecule has 0 radical (unpaired) electrons. The summed E-state index contributed by atoms with van der Waals surface area (Å²) in [4.78, 5) is 0. The van der Waals surface area contributed by atoms with Gasteiger partial charge in [-0.15, -0.1) is 0 Å². The van der Waals surface area contributed by atoms with Crippen molar-refractivity contribution in [3.8, 4) is 0 Å². The smallest absolute Gasteiger partial charge is 0.192 e. The first-order chi connectivity index (χ1) is 10.5. The van der Waals surface area contributed by atoms with E-state index in [-0.39, 0.29) is 22.3 Å². The van der Waals surface area contributed by atoms with Gasteiger partial charge in [-0.2, -0.15) is 0 Å². The lowest BCUT2D eigenvalue weighted by Crippen LogP contribution is -2.56. The molecule has 0 aliphatic heterocycles. The molecule has 1 aliphatic carbocycles. The molecular weight excluding hydrogens is 336 g/mol. The summed E-state index contributed by atoms with van der Waals surface area (Å²) in [5.74, 6) is 0. The van der Waals surface area contributed by atoms with Crippen LogP contribution in [0.4, 0.5) is 0 Å². The van der Waals surface area contributed by atoms with Gasteiger partial charge in [-0.3, -0.25) is 0 Å². The van der Waals surface area contributed by atoms with Crippen LogP contribution >= 0.6 is 0 Å². The molecule has 2 N–H and O–H groups in total. The van der Waals surface area contributed by atoms with Crippen LogP contribution in [0, 0.1) is 0 Å². The molecule has 0 amide bonds. The maximum atomic E-state index is 10.4. The van der Waals surface area contributed by atoms with Crippen LogP contribution in [0.2, 0.25) is 36.3 Å². The highest BCUT2D eigenvalue weighted by molar-refractivity contribution is 6.74. The summed E-state index contributed by atoms with van der Waals surface area (Å²) in [7, 11) is -3.93. The van der Waals surface area contributed by atoms with E-state index in [9.17, 15) is 10.2 Å². The predicted molar refractivity (Wildman–Crippen MR) is 105 cm³/mol. The van der Waals surface area contributed by atoms with Gasteiger partial charge in [0.05, 0.1) is 24.4 Å². The van der Waals surface area contributed by atoms with Gasteiger partial charge in [0.15, 0.2) is 16.6 Å². The minimum Gasteiger partial charge on any atom is -0.411 e. The molecule has 24 heavy (non-hydrogen) atoms. The maximum absolute atomic E-state index is 10.4. The summed E-state index contributed by atoms with van der Waals surface area (Å²) in [6.07, 6.45) is -0.824. The number of hydrogen-bond acceptors (Lipinski definition) is 4. The molecule has 0 saturated heterocycles. The van der Waals surface area contributed by atoms with E-state index < -0.39 is 28.8 Å². The average molecular weight is 377 g/mol. The van der Waals surface area contributed by atoms with Gasteiger partial charge in [0.1, 0.15) is 0 Å². The lowest BCUT2D eigenvalue weighted by Gasteiger charge is -2.47. The largest absolute Gasteiger partial charge is 0.411 e. The highest BCUT2D eigenvalue weighted by atomic mass is 28.4. The third-order valence-corrected chi connectivity index (χ3v) is 15.3. The normalized spacial score (nSPS) is 30.5. The molecule has 6 heteroatoms. The Bertz CT molecular complexity index is 386. The standard InChI is InChI=1S/C18H40O4Si2/c1-17(2,3)23(7,8)21-15-12-16(14(20)11-13(15)19)22-24(9,10)18(4,5)6/h13-16,19-20H,11-12H2,1-10H3/t13-,14-,15-,16-/m0/s1. The second-order valence-electron chi connectivity index (χ2n) is 10.4. The van der Waals surface area contributed by atoms with Crippen molar-refractivity contribution in [1.29, 1.82) is 0 Å². The molecule has 1 rings (SSSR count). The van der Waals surface area contributed by atoms with E-state index in [2.05, 4.69) is 67.7 Å². The van der Waals surface area contributed by atoms with Gasteiger partial charge in [-0.05, 0) is 36.3 Å². The molecular formula is C18H40O4Si2. The van der Waals surface area contributed by atoms with Gasteiger partial charge in [0.2, 0.25) is 0 Å². The summed E-state index contributed by atoms with van der Waals surface area (Å²) in [5.41, 5.74) is 0. The van der Waals surface area contributed by atoms with Gasteiger partial charge in [-0.25, -0.2) is 0 Å². The predicted octanol–water partition coefficient (Wildman–Crippen LogP) is 4.28. The van der Waals surface area contributed by atoms with E-state index in [0.29, 0.717) is 12.8 Å². The van der Waals surface area contributed by atoms with Crippen LogP contribution in [-0.4, -0.2) is 51.3 Å². The monoisotopic (exact) mass is 376 g/mol. The Morgan fingerprint density at radius 2 is 0.958 bits per heavy atom. The highest BCUT2D eigenvalue weighted by Gasteiger charge is 2.47. The topological polar surface area (TPSA) is 58.9 Å². The molecule has 0 spiro atoms. The fourth-order valence-corrected chi connectivity index (χ4v) is 5.19. The van der Waals surface area contributed by atoms with Crippen molar-refractivity contribution in [2.45, 2.75) is 115 Å². The van der Waals surface area contributed by atoms with Crippen molar-refractivity contribution in [3.05, 3.63) is 0 Å². The first kappa shape index (κ1) is 22.3. The summed E-state index contributed by atoms with van der Waals surface area (Å²) in [6.45, 7) is 22.0. The third kappa shape index (κ3) is 5.14. The summed E-state index contributed by atoms with van der Waals surface area (Å²) in [5, 5.41) is 21.1. The van der Waals surface area contributed by atoms with Crippen molar-refractivity contribution >= 4 is 16.6 Å². The lowest BCUT2D eigenvalue weighted by atomic mass is 9.90. The van der Waals surface area contributed by atoms with Crippen molar-refractivity contribution in [2.75, 3.05) is 0 Å².